The van der Waals surface area contributed by atoms with Gasteiger partial charge in [0.2, 0.25) is 0 Å². The average molecular weight is 378 g/mol. The third-order valence-corrected chi connectivity index (χ3v) is 5.97. The fourth-order valence-corrected chi connectivity index (χ4v) is 4.27. The van der Waals surface area contributed by atoms with Crippen LogP contribution in [0.5, 0.6) is 5.75 Å². The minimum atomic E-state index is 0.183. The van der Waals surface area contributed by atoms with E-state index >= 15 is 0 Å². The van der Waals surface area contributed by atoms with Crippen LogP contribution in [0.15, 0.2) is 48.5 Å². The molecule has 0 atom stereocenters. The van der Waals surface area contributed by atoms with Gasteiger partial charge in [-0.2, -0.15) is 0 Å². The van der Waals surface area contributed by atoms with Gasteiger partial charge in [0.25, 0.3) is 5.91 Å². The number of para-hydroxylation sites is 3. The highest BCUT2D eigenvalue weighted by Crippen LogP contribution is 2.27. The van der Waals surface area contributed by atoms with Crippen LogP contribution in [-0.2, 0) is 0 Å². The molecule has 0 spiro atoms. The molecule has 0 aliphatic carbocycles. The van der Waals surface area contributed by atoms with Gasteiger partial charge in [-0.05, 0) is 37.6 Å². The van der Waals surface area contributed by atoms with Gasteiger partial charge in [0.15, 0.2) is 6.54 Å². The van der Waals surface area contributed by atoms with E-state index in [0.29, 0.717) is 6.54 Å². The monoisotopic (exact) mass is 378 g/mol. The Labute approximate surface area is 166 Å². The molecular weight excluding hydrogens is 350 g/mol. The number of fused-ring (bicyclic) bond motifs is 1. The van der Waals surface area contributed by atoms with Crippen LogP contribution in [0.4, 0.5) is 5.69 Å². The highest BCUT2D eigenvalue weighted by Gasteiger charge is 2.26. The Hall–Kier alpha value is -2.79. The maximum atomic E-state index is 13.1. The number of quaternary nitrogens is 1. The molecule has 1 fully saturated rings. The van der Waals surface area contributed by atoms with Gasteiger partial charge < -0.3 is 14.5 Å². The molecule has 1 aliphatic heterocycles. The maximum Gasteiger partial charge on any atom is 0.286 e. The van der Waals surface area contributed by atoms with Gasteiger partial charge in [0.05, 0.1) is 44.5 Å². The topological polar surface area (TPSA) is 38.9 Å². The summed E-state index contributed by atoms with van der Waals surface area (Å²) in [6.07, 6.45) is 0. The Kier molecular flexibility index (Phi) is 5.09. The summed E-state index contributed by atoms with van der Waals surface area (Å²) in [6, 6.07) is 16.3. The molecule has 0 saturated carbocycles. The third-order valence-electron chi connectivity index (χ3n) is 5.97. The largest absolute Gasteiger partial charge is 0.495 e. The molecule has 1 aromatic heterocycles. The fraction of sp³-hybridized carbons (Fsp3) is 0.348. The molecule has 0 unspecified atom stereocenters. The number of methoxy groups -OCH3 is 1. The van der Waals surface area contributed by atoms with Crippen molar-refractivity contribution in [3.05, 3.63) is 59.8 Å². The Morgan fingerprint density at radius 2 is 1.71 bits per heavy atom. The lowest BCUT2D eigenvalue weighted by molar-refractivity contribution is -0.892. The summed E-state index contributed by atoms with van der Waals surface area (Å²) >= 11 is 0. The molecule has 2 heterocycles. The molecule has 3 aromatic rings. The molecule has 146 valence electrons. The molecule has 1 saturated heterocycles. The molecular formula is C23H28N3O2+. The summed E-state index contributed by atoms with van der Waals surface area (Å²) in [5.74, 6) is 1.09. The zero-order valence-electron chi connectivity index (χ0n) is 16.9. The number of aromatic nitrogens is 1. The van der Waals surface area contributed by atoms with Gasteiger partial charge >= 0.3 is 0 Å². The van der Waals surface area contributed by atoms with E-state index in [9.17, 15) is 4.79 Å². The quantitative estimate of drug-likeness (QED) is 0.757. The van der Waals surface area contributed by atoms with Crippen LogP contribution in [0.25, 0.3) is 10.9 Å². The van der Waals surface area contributed by atoms with Crippen molar-refractivity contribution < 1.29 is 14.4 Å². The lowest BCUT2D eigenvalue weighted by Crippen LogP contribution is -3.15. The van der Waals surface area contributed by atoms with E-state index in [1.807, 2.05) is 47.9 Å². The second-order valence-electron chi connectivity index (χ2n) is 7.54. The Morgan fingerprint density at radius 1 is 1.04 bits per heavy atom. The van der Waals surface area contributed by atoms with Crippen molar-refractivity contribution in [2.75, 3.05) is 44.7 Å². The van der Waals surface area contributed by atoms with Gasteiger partial charge in [-0.1, -0.05) is 30.3 Å². The predicted octanol–water partition coefficient (Wildman–Crippen LogP) is 2.31. The first kappa shape index (κ1) is 18.6. The van der Waals surface area contributed by atoms with E-state index in [1.165, 1.54) is 15.8 Å². The van der Waals surface area contributed by atoms with Crippen molar-refractivity contribution in [2.45, 2.75) is 13.8 Å². The zero-order valence-corrected chi connectivity index (χ0v) is 16.9. The van der Waals surface area contributed by atoms with E-state index in [2.05, 4.69) is 24.0 Å². The molecule has 1 N–H and O–H groups in total. The number of hydrogen-bond acceptors (Lipinski definition) is 3. The minimum Gasteiger partial charge on any atom is -0.495 e. The smallest absolute Gasteiger partial charge is 0.286 e. The standard InChI is InChI=1S/C23H27N3O2/c1-17-18(2)26(20-9-5-4-8-19(17)20)23(27)16-24-12-14-25(15-13-24)21-10-6-7-11-22(21)28-3/h4-11H,12-16H2,1-3H3/p+1. The number of piperazine rings is 1. The number of benzene rings is 2. The zero-order chi connectivity index (χ0) is 19.7. The molecule has 1 aliphatic rings. The highest BCUT2D eigenvalue weighted by atomic mass is 16.5. The summed E-state index contributed by atoms with van der Waals surface area (Å²) < 4.78 is 7.41. The van der Waals surface area contributed by atoms with Gasteiger partial charge in [-0.3, -0.25) is 9.36 Å². The number of nitrogens with one attached hydrogen (secondary N) is 1. The van der Waals surface area contributed by atoms with Crippen molar-refractivity contribution in [3.8, 4) is 5.75 Å². The number of ether oxygens (including phenoxy) is 1. The van der Waals surface area contributed by atoms with Crippen LogP contribution in [0, 0.1) is 13.8 Å². The number of nitrogens with zero attached hydrogens (tertiary/aromatic N) is 2. The molecule has 5 heteroatoms. The van der Waals surface area contributed by atoms with E-state index in [4.69, 9.17) is 4.74 Å². The van der Waals surface area contributed by atoms with Crippen LogP contribution in [-0.4, -0.2) is 50.3 Å². The third kappa shape index (κ3) is 3.27. The lowest BCUT2D eigenvalue weighted by atomic mass is 10.2. The number of carbonyl (C=O) groups excluding carboxylic acids is 1. The lowest BCUT2D eigenvalue weighted by Gasteiger charge is -2.34. The first-order valence-corrected chi connectivity index (χ1v) is 9.91. The Balaban J connectivity index is 1.46. The van der Waals surface area contributed by atoms with E-state index in [0.717, 1.165) is 48.8 Å². The average Bonchev–Trinajstić information content (AvgIpc) is 2.99. The van der Waals surface area contributed by atoms with E-state index < -0.39 is 0 Å². The number of carbonyl (C=O) groups is 1. The first-order chi connectivity index (χ1) is 13.6. The van der Waals surface area contributed by atoms with Crippen LogP contribution in [0.1, 0.15) is 16.1 Å². The van der Waals surface area contributed by atoms with Gasteiger partial charge in [0, 0.05) is 11.1 Å². The number of rotatable bonds is 4. The Morgan fingerprint density at radius 3 is 2.46 bits per heavy atom. The van der Waals surface area contributed by atoms with Crippen molar-refractivity contribution in [2.24, 2.45) is 0 Å². The summed E-state index contributed by atoms with van der Waals surface area (Å²) in [5.41, 5.74) is 4.41. The fourth-order valence-electron chi connectivity index (χ4n) is 4.27. The Bertz CT molecular complexity index is 1000. The number of anilines is 1. The summed E-state index contributed by atoms with van der Waals surface area (Å²) in [4.78, 5) is 16.8. The molecule has 28 heavy (non-hydrogen) atoms. The van der Waals surface area contributed by atoms with Crippen LogP contribution in [0.2, 0.25) is 0 Å². The van der Waals surface area contributed by atoms with Gasteiger partial charge in [-0.25, -0.2) is 0 Å². The minimum absolute atomic E-state index is 0.183. The summed E-state index contributed by atoms with van der Waals surface area (Å²) in [7, 11) is 1.71. The van der Waals surface area contributed by atoms with Crippen molar-refractivity contribution in [1.82, 2.24) is 4.57 Å². The van der Waals surface area contributed by atoms with Crippen LogP contribution < -0.4 is 14.5 Å². The van der Waals surface area contributed by atoms with Crippen LogP contribution >= 0.6 is 0 Å². The molecule has 5 nitrogen and oxygen atoms in total. The second kappa shape index (κ2) is 7.68. The summed E-state index contributed by atoms with van der Waals surface area (Å²) in [5, 5.41) is 1.17. The van der Waals surface area contributed by atoms with Crippen molar-refractivity contribution in [1.29, 1.82) is 0 Å². The first-order valence-electron chi connectivity index (χ1n) is 9.91. The normalized spacial score (nSPS) is 15.2. The van der Waals surface area contributed by atoms with Gasteiger partial charge in [0.1, 0.15) is 5.75 Å². The van der Waals surface area contributed by atoms with E-state index in [-0.39, 0.29) is 5.91 Å². The number of aryl methyl sites for hydroxylation is 1. The van der Waals surface area contributed by atoms with Crippen molar-refractivity contribution >= 4 is 22.5 Å². The summed E-state index contributed by atoms with van der Waals surface area (Å²) in [6.45, 7) is 8.41. The number of hydrogen-bond donors (Lipinski definition) is 1. The predicted molar refractivity (Wildman–Crippen MR) is 113 cm³/mol. The van der Waals surface area contributed by atoms with E-state index in [1.54, 1.807) is 7.11 Å². The second-order valence-corrected chi connectivity index (χ2v) is 7.54. The molecule has 4 rings (SSSR count). The van der Waals surface area contributed by atoms with Crippen LogP contribution in [0.3, 0.4) is 0 Å². The molecule has 0 amide bonds. The van der Waals surface area contributed by atoms with Crippen molar-refractivity contribution in [3.63, 3.8) is 0 Å². The van der Waals surface area contributed by atoms with Gasteiger partial charge in [-0.15, -0.1) is 0 Å². The molecule has 0 bridgehead atoms. The highest BCUT2D eigenvalue weighted by molar-refractivity contribution is 5.96. The molecule has 2 aromatic carbocycles. The maximum absolute atomic E-state index is 13.1. The molecule has 0 radical (unpaired) electrons. The SMILES string of the molecule is COc1ccccc1N1CC[NH+](CC(=O)n2c(C)c(C)c3ccccc32)CC1.